The fourth-order valence-electron chi connectivity index (χ4n) is 0.897. The summed E-state index contributed by atoms with van der Waals surface area (Å²) in [5.74, 6) is 1.85. The van der Waals surface area contributed by atoms with Crippen molar-refractivity contribution in [3.05, 3.63) is 18.5 Å². The molecule has 0 saturated heterocycles. The lowest BCUT2D eigenvalue weighted by Gasteiger charge is -1.98. The third-order valence-corrected chi connectivity index (χ3v) is 2.78. The van der Waals surface area contributed by atoms with E-state index in [0.29, 0.717) is 0 Å². The summed E-state index contributed by atoms with van der Waals surface area (Å²) in [6, 6.07) is 1.83. The van der Waals surface area contributed by atoms with E-state index in [1.807, 2.05) is 6.07 Å². The smallest absolute Gasteiger partial charge is 0.187 e. The highest BCUT2D eigenvalue weighted by Crippen LogP contribution is 2.13. The molecule has 2 nitrogen and oxygen atoms in total. The molecule has 0 saturated carbocycles. The fourth-order valence-corrected chi connectivity index (χ4v) is 1.89. The highest BCUT2D eigenvalue weighted by molar-refractivity contribution is 7.99. The van der Waals surface area contributed by atoms with E-state index < -0.39 is 0 Å². The van der Waals surface area contributed by atoms with Gasteiger partial charge in [0.15, 0.2) is 5.16 Å². The topological polar surface area (TPSA) is 25.8 Å². The minimum absolute atomic E-state index is 0.770. The van der Waals surface area contributed by atoms with Crippen LogP contribution in [0.5, 0.6) is 0 Å². The zero-order chi connectivity index (χ0) is 9.36. The first-order valence-corrected chi connectivity index (χ1v) is 5.91. The highest BCUT2D eigenvalue weighted by atomic mass is 35.5. The van der Waals surface area contributed by atoms with Crippen LogP contribution in [-0.2, 0) is 0 Å². The molecule has 0 spiro atoms. The number of aromatic nitrogens is 2. The van der Waals surface area contributed by atoms with Crippen LogP contribution in [0, 0.1) is 0 Å². The zero-order valence-electron chi connectivity index (χ0n) is 7.45. The van der Waals surface area contributed by atoms with Gasteiger partial charge in [-0.15, -0.1) is 11.6 Å². The van der Waals surface area contributed by atoms with E-state index in [2.05, 4.69) is 9.97 Å². The van der Waals surface area contributed by atoms with Gasteiger partial charge >= 0.3 is 0 Å². The lowest BCUT2D eigenvalue weighted by Crippen LogP contribution is -1.86. The Morgan fingerprint density at radius 2 is 1.92 bits per heavy atom. The van der Waals surface area contributed by atoms with Gasteiger partial charge in [-0.05, 0) is 18.9 Å². The molecule has 4 heteroatoms. The molecule has 0 radical (unpaired) electrons. The van der Waals surface area contributed by atoms with Gasteiger partial charge in [0.1, 0.15) is 0 Å². The summed E-state index contributed by atoms with van der Waals surface area (Å²) in [6.45, 7) is 0. The molecule has 0 N–H and O–H groups in total. The second-order valence-electron chi connectivity index (χ2n) is 2.63. The van der Waals surface area contributed by atoms with Crippen molar-refractivity contribution >= 4 is 23.4 Å². The Hall–Kier alpha value is -0.280. The van der Waals surface area contributed by atoms with Crippen LogP contribution in [0.15, 0.2) is 23.6 Å². The molecule has 13 heavy (non-hydrogen) atoms. The number of alkyl halides is 1. The van der Waals surface area contributed by atoms with Crippen LogP contribution in [0.4, 0.5) is 0 Å². The number of halogens is 1. The predicted molar refractivity (Wildman–Crippen MR) is 57.3 cm³/mol. The van der Waals surface area contributed by atoms with Crippen LogP contribution in [0.25, 0.3) is 0 Å². The molecule has 0 atom stereocenters. The van der Waals surface area contributed by atoms with E-state index in [0.717, 1.165) is 23.2 Å². The minimum Gasteiger partial charge on any atom is -0.231 e. The van der Waals surface area contributed by atoms with Crippen LogP contribution in [0.2, 0.25) is 0 Å². The molecule has 1 aromatic rings. The van der Waals surface area contributed by atoms with Gasteiger partial charge < -0.3 is 0 Å². The molecular weight excluding hydrogens is 204 g/mol. The average Bonchev–Trinajstić information content (AvgIpc) is 2.19. The molecule has 0 fully saturated rings. The van der Waals surface area contributed by atoms with Crippen LogP contribution >= 0.6 is 23.4 Å². The summed E-state index contributed by atoms with van der Waals surface area (Å²) in [5.41, 5.74) is 0. The van der Waals surface area contributed by atoms with E-state index >= 15 is 0 Å². The van der Waals surface area contributed by atoms with Crippen molar-refractivity contribution in [1.82, 2.24) is 9.97 Å². The molecule has 0 bridgehead atoms. The Morgan fingerprint density at radius 3 is 2.62 bits per heavy atom. The first kappa shape index (κ1) is 10.8. The van der Waals surface area contributed by atoms with Crippen molar-refractivity contribution in [2.75, 3.05) is 11.6 Å². The van der Waals surface area contributed by atoms with Gasteiger partial charge in [-0.25, -0.2) is 9.97 Å². The number of rotatable bonds is 6. The Balaban J connectivity index is 2.07. The fraction of sp³-hybridized carbons (Fsp3) is 0.556. The van der Waals surface area contributed by atoms with Crippen molar-refractivity contribution in [3.63, 3.8) is 0 Å². The third-order valence-electron chi connectivity index (χ3n) is 1.55. The van der Waals surface area contributed by atoms with Crippen molar-refractivity contribution in [1.29, 1.82) is 0 Å². The molecule has 0 amide bonds. The largest absolute Gasteiger partial charge is 0.231 e. The lowest BCUT2D eigenvalue weighted by atomic mass is 10.3. The molecule has 1 aromatic heterocycles. The molecule has 0 aliphatic rings. The van der Waals surface area contributed by atoms with Crippen LogP contribution in [0.3, 0.4) is 0 Å². The third kappa shape index (κ3) is 5.11. The number of thioether (sulfide) groups is 1. The van der Waals surface area contributed by atoms with Crippen molar-refractivity contribution in [2.24, 2.45) is 0 Å². The maximum atomic E-state index is 5.57. The Bertz CT molecular complexity index is 218. The zero-order valence-corrected chi connectivity index (χ0v) is 9.02. The van der Waals surface area contributed by atoms with Crippen LogP contribution in [-0.4, -0.2) is 21.6 Å². The van der Waals surface area contributed by atoms with E-state index in [9.17, 15) is 0 Å². The van der Waals surface area contributed by atoms with Gasteiger partial charge in [-0.3, -0.25) is 0 Å². The van der Waals surface area contributed by atoms with E-state index in [1.54, 1.807) is 24.2 Å². The normalized spacial score (nSPS) is 10.2. The summed E-state index contributed by atoms with van der Waals surface area (Å²) in [5, 5.41) is 0.869. The molecule has 72 valence electrons. The number of hydrogen-bond donors (Lipinski definition) is 0. The summed E-state index contributed by atoms with van der Waals surface area (Å²) in [7, 11) is 0. The van der Waals surface area contributed by atoms with E-state index in [-0.39, 0.29) is 0 Å². The molecule has 0 aliphatic carbocycles. The number of hydrogen-bond acceptors (Lipinski definition) is 3. The van der Waals surface area contributed by atoms with Crippen molar-refractivity contribution in [3.8, 4) is 0 Å². The van der Waals surface area contributed by atoms with Gasteiger partial charge in [0.25, 0.3) is 0 Å². The molecule has 0 aliphatic heterocycles. The van der Waals surface area contributed by atoms with E-state index in [4.69, 9.17) is 11.6 Å². The second kappa shape index (κ2) is 7.15. The number of nitrogens with zero attached hydrogens (tertiary/aromatic N) is 2. The molecule has 1 rings (SSSR count). The average molecular weight is 217 g/mol. The maximum absolute atomic E-state index is 5.57. The van der Waals surface area contributed by atoms with Gasteiger partial charge in [-0.1, -0.05) is 18.2 Å². The standard InChI is InChI=1S/C9H13ClN2S/c10-5-2-1-3-8-13-9-11-6-4-7-12-9/h4,6-7H,1-3,5,8H2. The molecule has 0 unspecified atom stereocenters. The van der Waals surface area contributed by atoms with Gasteiger partial charge in [0.05, 0.1) is 0 Å². The van der Waals surface area contributed by atoms with Crippen molar-refractivity contribution in [2.45, 2.75) is 24.4 Å². The van der Waals surface area contributed by atoms with Gasteiger partial charge in [0, 0.05) is 24.0 Å². The first-order valence-electron chi connectivity index (χ1n) is 4.39. The highest BCUT2D eigenvalue weighted by Gasteiger charge is 1.94. The van der Waals surface area contributed by atoms with E-state index in [1.165, 1.54) is 12.8 Å². The SMILES string of the molecule is ClCCCCCSc1ncccn1. The summed E-state index contributed by atoms with van der Waals surface area (Å²) in [6.07, 6.45) is 7.04. The minimum atomic E-state index is 0.770. The Morgan fingerprint density at radius 1 is 1.15 bits per heavy atom. The Labute approximate surface area is 88.1 Å². The lowest BCUT2D eigenvalue weighted by molar-refractivity contribution is 0.781. The van der Waals surface area contributed by atoms with Gasteiger partial charge in [-0.2, -0.15) is 0 Å². The Kier molecular flexibility index (Phi) is 5.94. The predicted octanol–water partition coefficient (Wildman–Crippen LogP) is 2.98. The van der Waals surface area contributed by atoms with Crippen LogP contribution < -0.4 is 0 Å². The molecule has 0 aromatic carbocycles. The summed E-state index contributed by atoms with van der Waals surface area (Å²) < 4.78 is 0. The maximum Gasteiger partial charge on any atom is 0.187 e. The molecular formula is C9H13ClN2S. The van der Waals surface area contributed by atoms with Crippen molar-refractivity contribution < 1.29 is 0 Å². The summed E-state index contributed by atoms with van der Waals surface area (Å²) in [4.78, 5) is 8.24. The first-order chi connectivity index (χ1) is 6.43. The van der Waals surface area contributed by atoms with Crippen LogP contribution in [0.1, 0.15) is 19.3 Å². The quantitative estimate of drug-likeness (QED) is 0.317. The monoisotopic (exact) mass is 216 g/mol. The number of unbranched alkanes of at least 4 members (excludes halogenated alkanes) is 2. The second-order valence-corrected chi connectivity index (χ2v) is 4.07. The van der Waals surface area contributed by atoms with Gasteiger partial charge in [0.2, 0.25) is 0 Å². The summed E-state index contributed by atoms with van der Waals surface area (Å²) >= 11 is 7.27. The molecule has 1 heterocycles.